The van der Waals surface area contributed by atoms with E-state index in [9.17, 15) is 27.6 Å². The van der Waals surface area contributed by atoms with E-state index in [0.717, 1.165) is 48.8 Å². The third kappa shape index (κ3) is 5.05. The number of furan rings is 1. The number of amides is 3. The molecule has 9 nitrogen and oxygen atoms in total. The van der Waals surface area contributed by atoms with Crippen molar-refractivity contribution < 1.29 is 32.0 Å². The molecule has 0 unspecified atom stereocenters. The third-order valence-electron chi connectivity index (χ3n) is 5.85. The van der Waals surface area contributed by atoms with Gasteiger partial charge in [0, 0.05) is 11.7 Å². The van der Waals surface area contributed by atoms with Gasteiger partial charge in [-0.05, 0) is 54.7 Å². The first kappa shape index (κ1) is 25.2. The Morgan fingerprint density at radius 2 is 1.89 bits per heavy atom. The Hall–Kier alpha value is -3.87. The Morgan fingerprint density at radius 1 is 1.17 bits per heavy atom. The Labute approximate surface area is 207 Å². The van der Waals surface area contributed by atoms with Crippen molar-refractivity contribution in [2.24, 2.45) is 5.73 Å². The van der Waals surface area contributed by atoms with Crippen molar-refractivity contribution in [1.82, 2.24) is 9.69 Å². The van der Waals surface area contributed by atoms with Gasteiger partial charge in [-0.25, -0.2) is 0 Å². The first-order valence-corrected chi connectivity index (χ1v) is 11.7. The van der Waals surface area contributed by atoms with Crippen LogP contribution in [0.5, 0.6) is 0 Å². The van der Waals surface area contributed by atoms with Crippen LogP contribution in [0, 0.1) is 0 Å². The summed E-state index contributed by atoms with van der Waals surface area (Å²) in [6.07, 6.45) is -0.123. The molecule has 2 heterocycles. The first-order valence-electron chi connectivity index (χ1n) is 11.0. The van der Waals surface area contributed by atoms with E-state index in [1.807, 2.05) is 0 Å². The summed E-state index contributed by atoms with van der Waals surface area (Å²) < 4.78 is 49.9. The number of anilines is 2. The fourth-order valence-electron chi connectivity index (χ4n) is 4.13. The quantitative estimate of drug-likeness (QED) is 0.430. The van der Waals surface area contributed by atoms with Crippen LogP contribution in [-0.2, 0) is 11.0 Å². The molecule has 0 bridgehead atoms. The predicted molar refractivity (Wildman–Crippen MR) is 125 cm³/mol. The summed E-state index contributed by atoms with van der Waals surface area (Å²) in [5.74, 6) is -2.54. The van der Waals surface area contributed by atoms with Crippen LogP contribution in [0.1, 0.15) is 63.2 Å². The zero-order valence-corrected chi connectivity index (χ0v) is 19.6. The van der Waals surface area contributed by atoms with Crippen LogP contribution in [0.2, 0.25) is 0 Å². The second kappa shape index (κ2) is 10.0. The number of carbonyl (C=O) groups is 3. The monoisotopic (exact) mass is 521 g/mol. The minimum Gasteiger partial charge on any atom is -0.467 e. The summed E-state index contributed by atoms with van der Waals surface area (Å²) in [4.78, 5) is 39.6. The molecule has 2 aromatic heterocycles. The van der Waals surface area contributed by atoms with Gasteiger partial charge in [0.1, 0.15) is 10.6 Å². The molecule has 3 amide bonds. The molecule has 0 aliphatic heterocycles. The molecule has 1 fully saturated rings. The van der Waals surface area contributed by atoms with Crippen molar-refractivity contribution in [3.8, 4) is 0 Å². The molecule has 13 heteroatoms. The lowest BCUT2D eigenvalue weighted by atomic mass is 10.1. The lowest BCUT2D eigenvalue weighted by Crippen LogP contribution is -2.46. The molecule has 36 heavy (non-hydrogen) atoms. The van der Waals surface area contributed by atoms with Gasteiger partial charge < -0.3 is 21.2 Å². The molecule has 4 rings (SSSR count). The Kier molecular flexibility index (Phi) is 7.02. The second-order valence-electron chi connectivity index (χ2n) is 8.27. The van der Waals surface area contributed by atoms with E-state index in [1.165, 1.54) is 24.5 Å². The van der Waals surface area contributed by atoms with Gasteiger partial charge in [0.05, 0.1) is 17.5 Å². The predicted octanol–water partition coefficient (Wildman–Crippen LogP) is 3.88. The fraction of sp³-hybridized carbons (Fsp3) is 0.304. The Morgan fingerprint density at radius 3 is 2.47 bits per heavy atom. The summed E-state index contributed by atoms with van der Waals surface area (Å²) in [7, 11) is 0. The molecule has 190 valence electrons. The zero-order valence-electron chi connectivity index (χ0n) is 18.7. The van der Waals surface area contributed by atoms with Gasteiger partial charge in [-0.3, -0.25) is 19.3 Å². The van der Waals surface area contributed by atoms with Crippen molar-refractivity contribution in [3.63, 3.8) is 0 Å². The molecule has 1 aliphatic rings. The number of nitrogen functional groups attached to an aromatic ring is 1. The molecule has 1 aliphatic carbocycles. The number of primary amides is 1. The van der Waals surface area contributed by atoms with Crippen molar-refractivity contribution in [2.75, 3.05) is 10.6 Å². The van der Waals surface area contributed by atoms with Gasteiger partial charge in [-0.15, -0.1) is 0 Å². The minimum absolute atomic E-state index is 0.0227. The van der Waals surface area contributed by atoms with Gasteiger partial charge in [0.15, 0.2) is 11.7 Å². The largest absolute Gasteiger partial charge is 0.467 e. The molecule has 3 aromatic rings. The van der Waals surface area contributed by atoms with Gasteiger partial charge in [-0.2, -0.15) is 17.5 Å². The molecular weight excluding hydrogens is 499 g/mol. The lowest BCUT2D eigenvalue weighted by Gasteiger charge is -2.31. The highest BCUT2D eigenvalue weighted by Crippen LogP contribution is 2.37. The van der Waals surface area contributed by atoms with Gasteiger partial charge in [-0.1, -0.05) is 18.9 Å². The summed E-state index contributed by atoms with van der Waals surface area (Å²) in [5.41, 5.74) is 9.26. The van der Waals surface area contributed by atoms with E-state index < -0.39 is 35.5 Å². The number of halogens is 3. The van der Waals surface area contributed by atoms with E-state index in [-0.39, 0.29) is 33.7 Å². The van der Waals surface area contributed by atoms with E-state index in [0.29, 0.717) is 11.5 Å². The van der Waals surface area contributed by atoms with Crippen LogP contribution >= 0.6 is 11.5 Å². The number of hydrogen-bond acceptors (Lipinski definition) is 7. The standard InChI is InChI=1S/C23H22F3N5O4S/c24-23(25,26)12-5-3-8-14(11-12)31(22(34)19-16(27)17(20(28)32)30-36-19)18(15-9-4-10-35-15)21(33)29-13-6-1-2-7-13/h3-5,8-11,13,18H,1-2,6-7,27H2,(H2,28,32)(H,29,33)/t18-/m1/s1. The molecule has 1 atom stereocenters. The summed E-state index contributed by atoms with van der Waals surface area (Å²) in [6.45, 7) is 0. The van der Waals surface area contributed by atoms with Crippen LogP contribution in [0.15, 0.2) is 47.1 Å². The third-order valence-corrected chi connectivity index (χ3v) is 6.70. The molecule has 1 saturated carbocycles. The molecular formula is C23H22F3N5O4S. The molecule has 1 aromatic carbocycles. The fourth-order valence-corrected chi connectivity index (χ4v) is 4.87. The average molecular weight is 522 g/mol. The second-order valence-corrected chi connectivity index (χ2v) is 9.04. The number of benzene rings is 1. The van der Waals surface area contributed by atoms with Crippen LogP contribution in [0.3, 0.4) is 0 Å². The van der Waals surface area contributed by atoms with E-state index in [2.05, 4.69) is 9.69 Å². The highest BCUT2D eigenvalue weighted by atomic mass is 32.1. The summed E-state index contributed by atoms with van der Waals surface area (Å²) in [5, 5.41) is 2.87. The lowest BCUT2D eigenvalue weighted by molar-refractivity contribution is -0.137. The number of aromatic nitrogens is 1. The first-order chi connectivity index (χ1) is 17.1. The maximum atomic E-state index is 13.8. The Bertz CT molecular complexity index is 1270. The minimum atomic E-state index is -4.71. The van der Waals surface area contributed by atoms with E-state index >= 15 is 0 Å². The van der Waals surface area contributed by atoms with Crippen molar-refractivity contribution in [3.05, 3.63) is 64.6 Å². The SMILES string of the molecule is NC(=O)c1nsc(C(=O)N(c2cccc(C(F)(F)F)c2)[C@@H](C(=O)NC2CCCC2)c2ccco2)c1N. The van der Waals surface area contributed by atoms with Crippen LogP contribution in [-0.4, -0.2) is 28.1 Å². The summed E-state index contributed by atoms with van der Waals surface area (Å²) in [6, 6.07) is 5.29. The van der Waals surface area contributed by atoms with Crippen LogP contribution < -0.4 is 21.7 Å². The van der Waals surface area contributed by atoms with Gasteiger partial charge in [0.2, 0.25) is 0 Å². The van der Waals surface area contributed by atoms with E-state index in [4.69, 9.17) is 15.9 Å². The van der Waals surface area contributed by atoms with Crippen molar-refractivity contribution in [1.29, 1.82) is 0 Å². The molecule has 5 N–H and O–H groups in total. The smallest absolute Gasteiger partial charge is 0.416 e. The van der Waals surface area contributed by atoms with Crippen LogP contribution in [0.4, 0.5) is 24.5 Å². The van der Waals surface area contributed by atoms with Gasteiger partial charge in [0.25, 0.3) is 17.7 Å². The number of nitrogens with one attached hydrogen (secondary N) is 1. The van der Waals surface area contributed by atoms with Crippen LogP contribution in [0.25, 0.3) is 0 Å². The van der Waals surface area contributed by atoms with Gasteiger partial charge >= 0.3 is 6.18 Å². The highest BCUT2D eigenvalue weighted by Gasteiger charge is 2.40. The number of alkyl halides is 3. The number of nitrogens with two attached hydrogens (primary N) is 2. The van der Waals surface area contributed by atoms with Crippen molar-refractivity contribution in [2.45, 2.75) is 43.9 Å². The summed E-state index contributed by atoms with van der Waals surface area (Å²) >= 11 is 0.553. The molecule has 0 saturated heterocycles. The normalized spacial score (nSPS) is 15.0. The number of hydrogen-bond donors (Lipinski definition) is 3. The number of carbonyl (C=O) groups excluding carboxylic acids is 3. The number of rotatable bonds is 7. The van der Waals surface area contributed by atoms with E-state index in [1.54, 1.807) is 0 Å². The van der Waals surface area contributed by atoms with Crippen molar-refractivity contribution >= 4 is 40.6 Å². The maximum Gasteiger partial charge on any atom is 0.416 e. The molecule has 0 radical (unpaired) electrons. The number of nitrogens with zero attached hydrogens (tertiary/aromatic N) is 2. The molecule has 0 spiro atoms. The highest BCUT2D eigenvalue weighted by molar-refractivity contribution is 7.09. The zero-order chi connectivity index (χ0) is 26.0. The topological polar surface area (TPSA) is 145 Å². The average Bonchev–Trinajstić information content (AvgIpc) is 3.59. The Balaban J connectivity index is 1.86. The maximum absolute atomic E-state index is 13.8.